The van der Waals surface area contributed by atoms with Gasteiger partial charge >= 0.3 is 0 Å². The standard InChI is InChI=1S/C19H15N5O3/c1-12-16(20-2)18(25)24(15-6-4-5-11-21-15)19(26)17(12)23-22-13-7-9-14(27-3)10-8-13/h4-11,25H,1,3H3. The van der Waals surface area contributed by atoms with Gasteiger partial charge in [-0.2, -0.15) is 5.11 Å². The van der Waals surface area contributed by atoms with Crippen LogP contribution in [0.4, 0.5) is 17.1 Å². The molecule has 0 fully saturated rings. The third-order valence-electron chi connectivity index (χ3n) is 3.87. The van der Waals surface area contributed by atoms with E-state index in [4.69, 9.17) is 11.3 Å². The molecule has 27 heavy (non-hydrogen) atoms. The summed E-state index contributed by atoms with van der Waals surface area (Å²) < 4.78 is 6.03. The summed E-state index contributed by atoms with van der Waals surface area (Å²) in [5.41, 5.74) is 0.0194. The van der Waals surface area contributed by atoms with Crippen molar-refractivity contribution in [1.82, 2.24) is 9.55 Å². The molecule has 3 aromatic rings. The van der Waals surface area contributed by atoms with Gasteiger partial charge in [0.2, 0.25) is 5.88 Å². The Morgan fingerprint density at radius 3 is 2.52 bits per heavy atom. The predicted octanol–water partition coefficient (Wildman–Crippen LogP) is 4.22. The summed E-state index contributed by atoms with van der Waals surface area (Å²) in [5.74, 6) is 0.378. The first-order chi connectivity index (χ1) is 13.1. The lowest BCUT2D eigenvalue weighted by molar-refractivity contribution is 0.415. The normalized spacial score (nSPS) is 10.7. The molecule has 0 aliphatic carbocycles. The van der Waals surface area contributed by atoms with Gasteiger partial charge in [-0.3, -0.25) is 4.79 Å². The fraction of sp³-hybridized carbons (Fsp3) is 0.105. The molecule has 0 bridgehead atoms. The average Bonchev–Trinajstić information content (AvgIpc) is 2.69. The Morgan fingerprint density at radius 2 is 1.93 bits per heavy atom. The molecule has 0 saturated carbocycles. The van der Waals surface area contributed by atoms with Crippen LogP contribution in [0.15, 0.2) is 63.7 Å². The number of pyridine rings is 2. The number of ether oxygens (including phenoxy) is 1. The van der Waals surface area contributed by atoms with Crippen LogP contribution in [0.1, 0.15) is 5.56 Å². The quantitative estimate of drug-likeness (QED) is 0.556. The number of azo groups is 1. The van der Waals surface area contributed by atoms with E-state index in [0.717, 1.165) is 4.57 Å². The van der Waals surface area contributed by atoms with Crippen molar-refractivity contribution >= 4 is 17.1 Å². The lowest BCUT2D eigenvalue weighted by atomic mass is 10.2. The molecule has 8 heteroatoms. The van der Waals surface area contributed by atoms with Crippen LogP contribution in [0.25, 0.3) is 10.7 Å². The van der Waals surface area contributed by atoms with E-state index in [1.165, 1.54) is 6.20 Å². The number of methoxy groups -OCH3 is 1. The minimum absolute atomic E-state index is 0.0414. The highest BCUT2D eigenvalue weighted by molar-refractivity contribution is 5.69. The maximum atomic E-state index is 12.9. The molecule has 0 aliphatic rings. The van der Waals surface area contributed by atoms with Gasteiger partial charge in [0, 0.05) is 6.20 Å². The van der Waals surface area contributed by atoms with Crippen molar-refractivity contribution in [3.05, 3.63) is 76.0 Å². The molecular weight excluding hydrogens is 346 g/mol. The Hall–Kier alpha value is -3.99. The largest absolute Gasteiger partial charge is 0.502 e. The lowest BCUT2D eigenvalue weighted by Crippen LogP contribution is -2.19. The number of nitrogens with zero attached hydrogens (tertiary/aromatic N) is 5. The van der Waals surface area contributed by atoms with Crippen LogP contribution in [0.3, 0.4) is 0 Å². The Labute approximate surface area is 154 Å². The highest BCUT2D eigenvalue weighted by atomic mass is 16.5. The Bertz CT molecular complexity index is 1100. The number of aromatic hydroxyl groups is 1. The van der Waals surface area contributed by atoms with Crippen LogP contribution in [-0.4, -0.2) is 21.8 Å². The van der Waals surface area contributed by atoms with Gasteiger partial charge in [-0.15, -0.1) is 5.11 Å². The second kappa shape index (κ2) is 7.49. The summed E-state index contributed by atoms with van der Waals surface area (Å²) in [4.78, 5) is 20.3. The minimum Gasteiger partial charge on any atom is -0.502 e. The monoisotopic (exact) mass is 361 g/mol. The number of benzene rings is 1. The summed E-state index contributed by atoms with van der Waals surface area (Å²) in [6, 6.07) is 11.7. The van der Waals surface area contributed by atoms with Gasteiger partial charge < -0.3 is 9.84 Å². The van der Waals surface area contributed by atoms with E-state index in [2.05, 4.69) is 20.1 Å². The molecule has 0 saturated heterocycles. The molecule has 0 radical (unpaired) electrons. The Kier molecular flexibility index (Phi) is 4.95. The molecule has 2 heterocycles. The van der Waals surface area contributed by atoms with Crippen molar-refractivity contribution in [2.45, 2.75) is 6.92 Å². The second-order valence-corrected chi connectivity index (χ2v) is 5.48. The van der Waals surface area contributed by atoms with Crippen molar-refractivity contribution in [2.24, 2.45) is 10.2 Å². The number of hydrogen-bond donors (Lipinski definition) is 1. The van der Waals surface area contributed by atoms with Crippen molar-refractivity contribution in [3.8, 4) is 17.4 Å². The number of hydrogen-bond acceptors (Lipinski definition) is 6. The molecule has 134 valence electrons. The first kappa shape index (κ1) is 17.8. The topological polar surface area (TPSA) is 93.4 Å². The lowest BCUT2D eigenvalue weighted by Gasteiger charge is -2.12. The Morgan fingerprint density at radius 1 is 1.19 bits per heavy atom. The SMILES string of the molecule is [C-]#[N+]c1c(C)c(N=Nc2ccc(OC)cc2)c(=O)n(-c2ccccn2)c1O. The van der Waals surface area contributed by atoms with Crippen molar-refractivity contribution in [1.29, 1.82) is 0 Å². The third kappa shape index (κ3) is 3.39. The van der Waals surface area contributed by atoms with Crippen molar-refractivity contribution in [3.63, 3.8) is 0 Å². The summed E-state index contributed by atoms with van der Waals surface area (Å²) in [5, 5.41) is 18.5. The van der Waals surface area contributed by atoms with Crippen LogP contribution in [0.5, 0.6) is 11.6 Å². The minimum atomic E-state index is -0.617. The molecule has 0 atom stereocenters. The van der Waals surface area contributed by atoms with Gasteiger partial charge in [0.1, 0.15) is 17.3 Å². The molecule has 2 aromatic heterocycles. The van der Waals surface area contributed by atoms with E-state index in [1.807, 2.05) is 0 Å². The summed E-state index contributed by atoms with van der Waals surface area (Å²) >= 11 is 0. The van der Waals surface area contributed by atoms with Crippen LogP contribution in [0, 0.1) is 13.5 Å². The van der Waals surface area contributed by atoms with Gasteiger partial charge in [0.25, 0.3) is 11.2 Å². The van der Waals surface area contributed by atoms with Gasteiger partial charge in [-0.05, 0) is 48.9 Å². The van der Waals surface area contributed by atoms with Gasteiger partial charge in [-0.25, -0.2) is 14.4 Å². The number of rotatable bonds is 4. The Balaban J connectivity index is 2.16. The van der Waals surface area contributed by atoms with E-state index in [9.17, 15) is 9.90 Å². The van der Waals surface area contributed by atoms with E-state index in [-0.39, 0.29) is 22.8 Å². The van der Waals surface area contributed by atoms with Gasteiger partial charge in [0.15, 0.2) is 0 Å². The molecular formula is C19H15N5O3. The van der Waals surface area contributed by atoms with Crippen LogP contribution < -0.4 is 10.3 Å². The summed E-state index contributed by atoms with van der Waals surface area (Å²) in [6.45, 7) is 8.88. The van der Waals surface area contributed by atoms with E-state index < -0.39 is 11.4 Å². The predicted molar refractivity (Wildman–Crippen MR) is 99.7 cm³/mol. The van der Waals surface area contributed by atoms with Crippen LogP contribution in [-0.2, 0) is 0 Å². The molecule has 1 aromatic carbocycles. The molecule has 0 spiro atoms. The van der Waals surface area contributed by atoms with E-state index in [1.54, 1.807) is 56.5 Å². The number of aromatic nitrogens is 2. The smallest absolute Gasteiger partial charge is 0.284 e. The maximum absolute atomic E-state index is 12.9. The summed E-state index contributed by atoms with van der Waals surface area (Å²) in [6.07, 6.45) is 1.48. The first-order valence-corrected chi connectivity index (χ1v) is 7.90. The van der Waals surface area contributed by atoms with Gasteiger partial charge in [0.05, 0.1) is 19.4 Å². The molecule has 0 amide bonds. The van der Waals surface area contributed by atoms with E-state index >= 15 is 0 Å². The molecule has 1 N–H and O–H groups in total. The van der Waals surface area contributed by atoms with Crippen LogP contribution >= 0.6 is 0 Å². The summed E-state index contributed by atoms with van der Waals surface area (Å²) in [7, 11) is 1.56. The second-order valence-electron chi connectivity index (χ2n) is 5.48. The fourth-order valence-corrected chi connectivity index (χ4v) is 2.46. The zero-order valence-electron chi connectivity index (χ0n) is 14.6. The molecule has 0 aliphatic heterocycles. The van der Waals surface area contributed by atoms with Crippen molar-refractivity contribution < 1.29 is 9.84 Å². The highest BCUT2D eigenvalue weighted by Crippen LogP contribution is 2.35. The van der Waals surface area contributed by atoms with Crippen molar-refractivity contribution in [2.75, 3.05) is 7.11 Å². The molecule has 3 rings (SSSR count). The fourth-order valence-electron chi connectivity index (χ4n) is 2.46. The maximum Gasteiger partial charge on any atom is 0.284 e. The molecule has 8 nitrogen and oxygen atoms in total. The van der Waals surface area contributed by atoms with Gasteiger partial charge in [-0.1, -0.05) is 6.07 Å². The zero-order chi connectivity index (χ0) is 19.4. The van der Waals surface area contributed by atoms with Crippen LogP contribution in [0.2, 0.25) is 0 Å². The average molecular weight is 361 g/mol. The van der Waals surface area contributed by atoms with E-state index in [0.29, 0.717) is 11.4 Å². The molecule has 0 unspecified atom stereocenters. The first-order valence-electron chi connectivity index (χ1n) is 7.90. The highest BCUT2D eigenvalue weighted by Gasteiger charge is 2.20. The third-order valence-corrected chi connectivity index (χ3v) is 3.87. The zero-order valence-corrected chi connectivity index (χ0v) is 14.6.